The molecule has 4 rings (SSSR count). The molecule has 1 saturated heterocycles. The zero-order valence-electron chi connectivity index (χ0n) is 17.5. The maximum atomic E-state index is 13.1. The zero-order chi connectivity index (χ0) is 21.1. The van der Waals surface area contributed by atoms with Gasteiger partial charge in [-0.25, -0.2) is 4.68 Å². The molecule has 1 aromatic carbocycles. The number of carbonyl (C=O) groups is 2. The van der Waals surface area contributed by atoms with E-state index in [-0.39, 0.29) is 11.8 Å². The van der Waals surface area contributed by atoms with Crippen molar-refractivity contribution in [3.8, 4) is 11.5 Å². The molecule has 156 valence electrons. The minimum Gasteiger partial charge on any atom is -0.352 e. The Morgan fingerprint density at radius 1 is 1.13 bits per heavy atom. The van der Waals surface area contributed by atoms with E-state index < -0.39 is 0 Å². The molecule has 3 aromatic rings. The number of amides is 2. The van der Waals surface area contributed by atoms with Crippen LogP contribution < -0.4 is 5.32 Å². The molecule has 1 N–H and O–H groups in total. The zero-order valence-corrected chi connectivity index (χ0v) is 17.5. The summed E-state index contributed by atoms with van der Waals surface area (Å²) in [5.41, 5.74) is 3.30. The van der Waals surface area contributed by atoms with Gasteiger partial charge in [-0.05, 0) is 51.0 Å². The number of hydrogen-bond donors (Lipinski definition) is 1. The van der Waals surface area contributed by atoms with Crippen LogP contribution in [0.5, 0.6) is 0 Å². The summed E-state index contributed by atoms with van der Waals surface area (Å²) in [5.74, 6) is 0.780. The lowest BCUT2D eigenvalue weighted by Gasteiger charge is -2.15. The van der Waals surface area contributed by atoms with Crippen LogP contribution in [0.3, 0.4) is 0 Å². The molecular formula is C23H27N5O2. The van der Waals surface area contributed by atoms with Gasteiger partial charge in [-0.2, -0.15) is 5.10 Å². The van der Waals surface area contributed by atoms with E-state index in [1.54, 1.807) is 0 Å². The van der Waals surface area contributed by atoms with Crippen LogP contribution >= 0.6 is 0 Å². The molecule has 3 heterocycles. The fourth-order valence-electron chi connectivity index (χ4n) is 3.86. The summed E-state index contributed by atoms with van der Waals surface area (Å²) < 4.78 is 3.73. The van der Waals surface area contributed by atoms with Gasteiger partial charge in [-0.3, -0.25) is 9.59 Å². The molecule has 0 aliphatic carbocycles. The maximum absolute atomic E-state index is 13.1. The molecule has 0 bridgehead atoms. The van der Waals surface area contributed by atoms with Gasteiger partial charge < -0.3 is 14.8 Å². The second kappa shape index (κ2) is 8.57. The van der Waals surface area contributed by atoms with Crippen LogP contribution in [0.25, 0.3) is 11.5 Å². The van der Waals surface area contributed by atoms with Crippen molar-refractivity contribution in [1.82, 2.24) is 24.6 Å². The van der Waals surface area contributed by atoms with Gasteiger partial charge in [0.25, 0.3) is 5.91 Å². The number of aryl methyl sites for hydroxylation is 2. The molecule has 0 atom stereocenters. The fraction of sp³-hybridized carbons (Fsp3) is 0.348. The Morgan fingerprint density at radius 2 is 1.87 bits per heavy atom. The van der Waals surface area contributed by atoms with Crippen molar-refractivity contribution in [2.24, 2.45) is 0 Å². The van der Waals surface area contributed by atoms with Crippen LogP contribution in [-0.2, 0) is 4.79 Å². The van der Waals surface area contributed by atoms with Crippen LogP contribution in [-0.4, -0.2) is 50.7 Å². The average Bonchev–Trinajstić information content (AvgIpc) is 3.46. The van der Waals surface area contributed by atoms with Crippen LogP contribution in [0.2, 0.25) is 0 Å². The molecule has 7 nitrogen and oxygen atoms in total. The van der Waals surface area contributed by atoms with Crippen molar-refractivity contribution in [3.63, 3.8) is 0 Å². The average molecular weight is 406 g/mol. The molecule has 2 amide bonds. The monoisotopic (exact) mass is 405 g/mol. The minimum atomic E-state index is -0.151. The third-order valence-electron chi connectivity index (χ3n) is 5.45. The van der Waals surface area contributed by atoms with Crippen molar-refractivity contribution >= 4 is 11.8 Å². The highest BCUT2D eigenvalue weighted by Gasteiger charge is 2.24. The molecule has 0 unspecified atom stereocenters. The van der Waals surface area contributed by atoms with Crippen molar-refractivity contribution in [1.29, 1.82) is 0 Å². The molecule has 1 aliphatic rings. The lowest BCUT2D eigenvalue weighted by Crippen LogP contribution is -2.31. The highest BCUT2D eigenvalue weighted by Crippen LogP contribution is 2.23. The van der Waals surface area contributed by atoms with Gasteiger partial charge >= 0.3 is 0 Å². The molecule has 7 heteroatoms. The number of hydrogen-bond acceptors (Lipinski definition) is 3. The first-order valence-electron chi connectivity index (χ1n) is 10.4. The molecule has 1 fully saturated rings. The molecule has 0 saturated carbocycles. The van der Waals surface area contributed by atoms with Crippen LogP contribution in [0.4, 0.5) is 0 Å². The number of nitrogens with one attached hydrogen (secondary N) is 1. The fourth-order valence-corrected chi connectivity index (χ4v) is 3.86. The van der Waals surface area contributed by atoms with Crippen LogP contribution in [0, 0.1) is 13.8 Å². The lowest BCUT2D eigenvalue weighted by molar-refractivity contribution is -0.127. The normalized spacial score (nSPS) is 13.8. The highest BCUT2D eigenvalue weighted by atomic mass is 16.2. The lowest BCUT2D eigenvalue weighted by atomic mass is 10.2. The van der Waals surface area contributed by atoms with E-state index in [4.69, 9.17) is 0 Å². The number of carbonyl (C=O) groups excluding carboxylic acids is 2. The van der Waals surface area contributed by atoms with E-state index in [0.717, 1.165) is 25.1 Å². The topological polar surface area (TPSA) is 72.2 Å². The maximum Gasteiger partial charge on any atom is 0.256 e. The smallest absolute Gasteiger partial charge is 0.256 e. The summed E-state index contributed by atoms with van der Waals surface area (Å²) in [6, 6.07) is 11.9. The van der Waals surface area contributed by atoms with Crippen molar-refractivity contribution < 1.29 is 9.59 Å². The third kappa shape index (κ3) is 4.01. The largest absolute Gasteiger partial charge is 0.352 e. The summed E-state index contributed by atoms with van der Waals surface area (Å²) in [6.07, 6.45) is 6.14. The Bertz CT molecular complexity index is 1030. The van der Waals surface area contributed by atoms with Gasteiger partial charge in [0, 0.05) is 38.4 Å². The summed E-state index contributed by atoms with van der Waals surface area (Å²) in [4.78, 5) is 26.7. The SMILES string of the molecule is Cc1ccc(-n2nc(C)c(C(=O)NCCCN3CCCC3=O)c2-n2cccc2)cc1. The molecule has 0 radical (unpaired) electrons. The Morgan fingerprint density at radius 3 is 2.53 bits per heavy atom. The van der Waals surface area contributed by atoms with E-state index in [0.29, 0.717) is 36.6 Å². The van der Waals surface area contributed by atoms with Crippen molar-refractivity contribution in [3.05, 3.63) is 65.6 Å². The minimum absolute atomic E-state index is 0.151. The third-order valence-corrected chi connectivity index (χ3v) is 5.45. The number of benzene rings is 1. The van der Waals surface area contributed by atoms with E-state index in [1.165, 1.54) is 5.56 Å². The number of nitrogens with zero attached hydrogens (tertiary/aromatic N) is 4. The first-order valence-corrected chi connectivity index (χ1v) is 10.4. The predicted molar refractivity (Wildman–Crippen MR) is 115 cm³/mol. The molecule has 1 aliphatic heterocycles. The molecule has 30 heavy (non-hydrogen) atoms. The van der Waals surface area contributed by atoms with Gasteiger partial charge in [0.1, 0.15) is 5.56 Å². The predicted octanol–water partition coefficient (Wildman–Crippen LogP) is 3.02. The Labute approximate surface area is 176 Å². The number of likely N-dealkylation sites (tertiary alicyclic amines) is 1. The molecule has 2 aromatic heterocycles. The first kappa shape index (κ1) is 19.9. The Balaban J connectivity index is 1.55. The van der Waals surface area contributed by atoms with Crippen LogP contribution in [0.1, 0.15) is 40.9 Å². The van der Waals surface area contributed by atoms with Gasteiger partial charge in [0.2, 0.25) is 5.91 Å². The quantitative estimate of drug-likeness (QED) is 0.614. The van der Waals surface area contributed by atoms with Crippen molar-refractivity contribution in [2.75, 3.05) is 19.6 Å². The van der Waals surface area contributed by atoms with Crippen molar-refractivity contribution in [2.45, 2.75) is 33.1 Å². The summed E-state index contributed by atoms with van der Waals surface area (Å²) >= 11 is 0. The summed E-state index contributed by atoms with van der Waals surface area (Å²) in [5, 5.41) is 7.68. The van der Waals surface area contributed by atoms with E-state index in [2.05, 4.69) is 10.4 Å². The van der Waals surface area contributed by atoms with E-state index >= 15 is 0 Å². The Kier molecular flexibility index (Phi) is 5.70. The second-order valence-corrected chi connectivity index (χ2v) is 7.72. The summed E-state index contributed by atoms with van der Waals surface area (Å²) in [7, 11) is 0. The standard InChI is InChI=1S/C23H27N5O2/c1-17-8-10-19(11-9-17)28-23(27-13-3-4-14-27)21(18(2)25-28)22(30)24-12-6-16-26-15-5-7-20(26)29/h3-4,8-11,13-14H,5-7,12,15-16H2,1-2H3,(H,24,30). The van der Waals surface area contributed by atoms with Gasteiger partial charge in [0.15, 0.2) is 5.82 Å². The van der Waals surface area contributed by atoms with E-state index in [9.17, 15) is 9.59 Å². The molecular weight excluding hydrogens is 378 g/mol. The van der Waals surface area contributed by atoms with Gasteiger partial charge in [-0.1, -0.05) is 17.7 Å². The number of aromatic nitrogens is 3. The van der Waals surface area contributed by atoms with Gasteiger partial charge in [0.05, 0.1) is 11.4 Å². The second-order valence-electron chi connectivity index (χ2n) is 7.72. The summed E-state index contributed by atoms with van der Waals surface area (Å²) in [6.45, 7) is 5.93. The molecule has 0 spiro atoms. The number of rotatable bonds is 7. The van der Waals surface area contributed by atoms with Crippen LogP contribution in [0.15, 0.2) is 48.8 Å². The Hall–Kier alpha value is -3.35. The van der Waals surface area contributed by atoms with E-state index in [1.807, 2.05) is 76.8 Å². The first-order chi connectivity index (χ1) is 14.5. The van der Waals surface area contributed by atoms with Gasteiger partial charge in [-0.15, -0.1) is 0 Å². The highest BCUT2D eigenvalue weighted by molar-refractivity contribution is 5.98.